The lowest BCUT2D eigenvalue weighted by molar-refractivity contribution is -0.119. The van der Waals surface area contributed by atoms with E-state index in [-0.39, 0.29) is 18.5 Å². The number of nitrogens with one attached hydrogen (secondary N) is 2. The molecule has 0 bridgehead atoms. The van der Waals surface area contributed by atoms with Crippen LogP contribution in [0.25, 0.3) is 5.82 Å². The second-order valence-electron chi connectivity index (χ2n) is 7.85. The number of aryl methyl sites for hydroxylation is 3. The fourth-order valence-electron chi connectivity index (χ4n) is 3.55. The predicted octanol–water partition coefficient (Wildman–Crippen LogP) is 4.05. The number of aromatic nitrogens is 3. The highest BCUT2D eigenvalue weighted by atomic mass is 16.2. The molecule has 1 aromatic carbocycles. The van der Waals surface area contributed by atoms with Crippen molar-refractivity contribution in [1.82, 2.24) is 19.8 Å². The van der Waals surface area contributed by atoms with Crippen molar-refractivity contribution < 1.29 is 4.79 Å². The summed E-state index contributed by atoms with van der Waals surface area (Å²) < 4.78 is 4.14. The van der Waals surface area contributed by atoms with Crippen LogP contribution in [0, 0.1) is 27.7 Å². The zero-order valence-electron chi connectivity index (χ0n) is 18.5. The maximum atomic E-state index is 12.1. The van der Waals surface area contributed by atoms with Crippen LogP contribution in [-0.2, 0) is 4.79 Å². The number of rotatable bonds is 7. The number of anilines is 1. The number of carbonyl (C=O) groups excluding carboxylic acids is 1. The van der Waals surface area contributed by atoms with Gasteiger partial charge in [-0.3, -0.25) is 4.79 Å². The summed E-state index contributed by atoms with van der Waals surface area (Å²) >= 11 is 0. The summed E-state index contributed by atoms with van der Waals surface area (Å²) in [4.78, 5) is 12.1. The van der Waals surface area contributed by atoms with Crippen LogP contribution < -0.4 is 10.7 Å². The largest absolute Gasteiger partial charge is 0.376 e. The van der Waals surface area contributed by atoms with Gasteiger partial charge in [0.05, 0.1) is 19.0 Å². The van der Waals surface area contributed by atoms with E-state index in [0.717, 1.165) is 34.0 Å². The van der Waals surface area contributed by atoms with E-state index in [1.165, 1.54) is 5.56 Å². The SMILES string of the molecule is Cc1ccc(NCC(=O)N/N=C\c2cc(C)n(-c3ccnn3C(C)C)c2C)c(C)c1. The molecule has 3 aromatic rings. The van der Waals surface area contributed by atoms with Crippen molar-refractivity contribution in [1.29, 1.82) is 0 Å². The third-order valence-electron chi connectivity index (χ3n) is 5.05. The predicted molar refractivity (Wildman–Crippen MR) is 122 cm³/mol. The Bertz CT molecular complexity index is 1070. The third-order valence-corrected chi connectivity index (χ3v) is 5.05. The Morgan fingerprint density at radius 3 is 2.63 bits per heavy atom. The lowest BCUT2D eigenvalue weighted by Gasteiger charge is -2.15. The normalized spacial score (nSPS) is 11.4. The Kier molecular flexibility index (Phi) is 6.40. The van der Waals surface area contributed by atoms with Gasteiger partial charge < -0.3 is 9.88 Å². The lowest BCUT2D eigenvalue weighted by Crippen LogP contribution is -2.26. The van der Waals surface area contributed by atoms with Crippen LogP contribution in [0.3, 0.4) is 0 Å². The van der Waals surface area contributed by atoms with Crippen LogP contribution >= 0.6 is 0 Å². The molecule has 0 atom stereocenters. The number of hydrazone groups is 1. The van der Waals surface area contributed by atoms with Crippen LogP contribution in [0.15, 0.2) is 41.6 Å². The lowest BCUT2D eigenvalue weighted by atomic mass is 10.1. The van der Waals surface area contributed by atoms with Crippen LogP contribution in [0.1, 0.15) is 48.0 Å². The molecule has 2 heterocycles. The van der Waals surface area contributed by atoms with Crippen molar-refractivity contribution in [2.75, 3.05) is 11.9 Å². The van der Waals surface area contributed by atoms with Crippen molar-refractivity contribution in [2.45, 2.75) is 47.6 Å². The van der Waals surface area contributed by atoms with Crippen LogP contribution in [0.2, 0.25) is 0 Å². The third kappa shape index (κ3) is 4.62. The zero-order valence-corrected chi connectivity index (χ0v) is 18.5. The highest BCUT2D eigenvalue weighted by Gasteiger charge is 2.14. The molecule has 0 aliphatic rings. The first-order valence-electron chi connectivity index (χ1n) is 10.1. The molecule has 0 spiro atoms. The summed E-state index contributed by atoms with van der Waals surface area (Å²) in [5, 5.41) is 11.7. The Morgan fingerprint density at radius 2 is 1.93 bits per heavy atom. The van der Waals surface area contributed by atoms with E-state index in [1.54, 1.807) is 6.21 Å². The quantitative estimate of drug-likeness (QED) is 0.459. The molecule has 3 rings (SSSR count). The van der Waals surface area contributed by atoms with Crippen LogP contribution in [-0.4, -0.2) is 33.0 Å². The highest BCUT2D eigenvalue weighted by molar-refractivity contribution is 5.85. The topological polar surface area (TPSA) is 76.2 Å². The maximum Gasteiger partial charge on any atom is 0.259 e. The van der Waals surface area contributed by atoms with Crippen molar-refractivity contribution >= 4 is 17.8 Å². The van der Waals surface area contributed by atoms with Gasteiger partial charge >= 0.3 is 0 Å². The van der Waals surface area contributed by atoms with E-state index in [4.69, 9.17) is 0 Å². The molecule has 158 valence electrons. The molecule has 2 N–H and O–H groups in total. The summed E-state index contributed by atoms with van der Waals surface area (Å²) in [6.45, 7) is 12.5. The van der Waals surface area contributed by atoms with Gasteiger partial charge in [-0.2, -0.15) is 10.2 Å². The molecule has 0 radical (unpaired) electrons. The van der Waals surface area contributed by atoms with E-state index < -0.39 is 0 Å². The fraction of sp³-hybridized carbons (Fsp3) is 0.348. The molecular formula is C23H30N6O. The molecule has 0 aliphatic carbocycles. The van der Waals surface area contributed by atoms with Crippen molar-refractivity contribution in [3.63, 3.8) is 0 Å². The Hall–Kier alpha value is -3.35. The Morgan fingerprint density at radius 1 is 1.17 bits per heavy atom. The van der Waals surface area contributed by atoms with Crippen molar-refractivity contribution in [3.05, 3.63) is 64.6 Å². The van der Waals surface area contributed by atoms with Crippen LogP contribution in [0.4, 0.5) is 5.69 Å². The fourth-order valence-corrected chi connectivity index (χ4v) is 3.55. The minimum absolute atomic E-state index is 0.161. The minimum atomic E-state index is -0.196. The number of hydrogen-bond donors (Lipinski definition) is 2. The Labute approximate surface area is 177 Å². The molecule has 0 aliphatic heterocycles. The Balaban J connectivity index is 1.65. The van der Waals surface area contributed by atoms with E-state index in [9.17, 15) is 4.79 Å². The number of nitrogens with zero attached hydrogens (tertiary/aromatic N) is 4. The average molecular weight is 407 g/mol. The smallest absolute Gasteiger partial charge is 0.259 e. The summed E-state index contributed by atoms with van der Waals surface area (Å²) in [5.74, 6) is 0.819. The van der Waals surface area contributed by atoms with Crippen LogP contribution in [0.5, 0.6) is 0 Å². The number of hydrogen-bond acceptors (Lipinski definition) is 4. The first-order valence-corrected chi connectivity index (χ1v) is 10.1. The number of carbonyl (C=O) groups is 1. The summed E-state index contributed by atoms with van der Waals surface area (Å²) in [7, 11) is 0. The molecule has 0 fully saturated rings. The first-order chi connectivity index (χ1) is 14.3. The molecule has 2 aromatic heterocycles. The van der Waals surface area contributed by atoms with Gasteiger partial charge in [0, 0.05) is 34.7 Å². The molecule has 1 amide bonds. The first kappa shape index (κ1) is 21.4. The van der Waals surface area contributed by atoms with Gasteiger partial charge in [-0.05, 0) is 59.2 Å². The molecule has 0 unspecified atom stereocenters. The monoisotopic (exact) mass is 406 g/mol. The van der Waals surface area contributed by atoms with Gasteiger partial charge in [0.25, 0.3) is 5.91 Å². The van der Waals surface area contributed by atoms with Gasteiger partial charge in [-0.25, -0.2) is 10.1 Å². The van der Waals surface area contributed by atoms with Gasteiger partial charge in [0.15, 0.2) is 0 Å². The van der Waals surface area contributed by atoms with E-state index in [1.807, 2.05) is 49.8 Å². The molecule has 0 saturated carbocycles. The molecule has 7 heteroatoms. The zero-order chi connectivity index (χ0) is 21.8. The number of amides is 1. The molecule has 7 nitrogen and oxygen atoms in total. The van der Waals surface area contributed by atoms with Gasteiger partial charge in [-0.1, -0.05) is 17.7 Å². The van der Waals surface area contributed by atoms with Gasteiger partial charge in [-0.15, -0.1) is 0 Å². The van der Waals surface area contributed by atoms with E-state index in [2.05, 4.69) is 58.4 Å². The second kappa shape index (κ2) is 8.98. The van der Waals surface area contributed by atoms with E-state index in [0.29, 0.717) is 0 Å². The highest BCUT2D eigenvalue weighted by Crippen LogP contribution is 2.21. The summed E-state index contributed by atoms with van der Waals surface area (Å²) in [6.07, 6.45) is 3.49. The molecule has 30 heavy (non-hydrogen) atoms. The van der Waals surface area contributed by atoms with Gasteiger partial charge in [0.1, 0.15) is 5.82 Å². The molecule has 0 saturated heterocycles. The second-order valence-corrected chi connectivity index (χ2v) is 7.85. The average Bonchev–Trinajstić information content (AvgIpc) is 3.25. The maximum absolute atomic E-state index is 12.1. The standard InChI is InChI=1S/C23H30N6O/c1-15(2)29-23(9-10-26-29)28-18(5)12-20(19(28)6)13-25-27-22(30)14-24-21-8-7-16(3)11-17(21)4/h7-13,15,24H,14H2,1-6H3,(H,27,30)/b25-13-. The van der Waals surface area contributed by atoms with E-state index >= 15 is 0 Å². The number of benzene rings is 1. The molecular weight excluding hydrogens is 376 g/mol. The summed E-state index contributed by atoms with van der Waals surface area (Å²) in [5.41, 5.74) is 8.92. The van der Waals surface area contributed by atoms with Crippen molar-refractivity contribution in [3.8, 4) is 5.82 Å². The summed E-state index contributed by atoms with van der Waals surface area (Å²) in [6, 6.07) is 10.4. The van der Waals surface area contributed by atoms with Gasteiger partial charge in [0.2, 0.25) is 0 Å². The minimum Gasteiger partial charge on any atom is -0.376 e. The van der Waals surface area contributed by atoms with Crippen molar-refractivity contribution in [2.24, 2.45) is 5.10 Å².